The van der Waals surface area contributed by atoms with Crippen LogP contribution in [-0.2, 0) is 16.1 Å². The van der Waals surface area contributed by atoms with Crippen LogP contribution in [-0.4, -0.2) is 26.8 Å². The molecule has 0 saturated heterocycles. The van der Waals surface area contributed by atoms with Crippen LogP contribution in [0.1, 0.15) is 27.7 Å². The number of nitrogens with one attached hydrogen (secondary N) is 1. The Kier molecular flexibility index (Phi) is 4.47. The van der Waals surface area contributed by atoms with Crippen molar-refractivity contribution in [1.82, 2.24) is 9.78 Å². The Morgan fingerprint density at radius 1 is 1.47 bits per heavy atom. The van der Waals surface area contributed by atoms with Crippen molar-refractivity contribution in [3.05, 3.63) is 23.9 Å². The van der Waals surface area contributed by atoms with Gasteiger partial charge in [0.15, 0.2) is 5.82 Å². The third kappa shape index (κ3) is 4.95. The zero-order valence-electron chi connectivity index (χ0n) is 11.6. The first-order chi connectivity index (χ1) is 8.68. The van der Waals surface area contributed by atoms with Gasteiger partial charge in [0.1, 0.15) is 6.54 Å². The molecular formula is C13H19N3O3. The minimum atomic E-state index is -0.982. The van der Waals surface area contributed by atoms with Gasteiger partial charge in [-0.05, 0) is 12.3 Å². The number of hydrogen-bond acceptors (Lipinski definition) is 3. The van der Waals surface area contributed by atoms with E-state index in [0.29, 0.717) is 5.82 Å². The van der Waals surface area contributed by atoms with E-state index in [1.807, 2.05) is 27.7 Å². The largest absolute Gasteiger partial charge is 0.480 e. The SMILES string of the molecule is CC(=CC(=O)Nc1ccn(CC(=O)O)n1)C(C)(C)C. The number of aliphatic carboxylic acids is 1. The van der Waals surface area contributed by atoms with E-state index in [9.17, 15) is 9.59 Å². The van der Waals surface area contributed by atoms with E-state index in [1.54, 1.807) is 6.07 Å². The average Bonchev–Trinajstić information content (AvgIpc) is 2.62. The number of allylic oxidation sites excluding steroid dienone is 1. The van der Waals surface area contributed by atoms with Gasteiger partial charge in [-0.15, -0.1) is 0 Å². The third-order valence-corrected chi connectivity index (χ3v) is 2.72. The Hall–Kier alpha value is -2.11. The third-order valence-electron chi connectivity index (χ3n) is 2.72. The predicted octanol–water partition coefficient (Wildman–Crippen LogP) is 1.90. The number of carboxylic acids is 1. The van der Waals surface area contributed by atoms with Gasteiger partial charge in [-0.25, -0.2) is 0 Å². The molecule has 6 nitrogen and oxygen atoms in total. The summed E-state index contributed by atoms with van der Waals surface area (Å²) < 4.78 is 1.25. The summed E-state index contributed by atoms with van der Waals surface area (Å²) >= 11 is 0. The maximum atomic E-state index is 11.7. The summed E-state index contributed by atoms with van der Waals surface area (Å²) in [6.45, 7) is 7.73. The number of rotatable bonds is 4. The Morgan fingerprint density at radius 3 is 2.63 bits per heavy atom. The molecule has 0 aromatic carbocycles. The van der Waals surface area contributed by atoms with Crippen LogP contribution in [0.25, 0.3) is 0 Å². The molecule has 0 radical (unpaired) electrons. The van der Waals surface area contributed by atoms with Crippen LogP contribution < -0.4 is 5.32 Å². The van der Waals surface area contributed by atoms with Crippen LogP contribution in [0.4, 0.5) is 5.82 Å². The molecule has 0 saturated carbocycles. The van der Waals surface area contributed by atoms with Crippen molar-refractivity contribution in [2.75, 3.05) is 5.32 Å². The summed E-state index contributed by atoms with van der Waals surface area (Å²) in [5, 5.41) is 15.1. The predicted molar refractivity (Wildman–Crippen MR) is 71.7 cm³/mol. The Morgan fingerprint density at radius 2 is 2.11 bits per heavy atom. The molecule has 1 rings (SSSR count). The fraction of sp³-hybridized carbons (Fsp3) is 0.462. The molecule has 19 heavy (non-hydrogen) atoms. The van der Waals surface area contributed by atoms with Crippen LogP contribution in [0.5, 0.6) is 0 Å². The Balaban J connectivity index is 2.68. The summed E-state index contributed by atoms with van der Waals surface area (Å²) in [4.78, 5) is 22.2. The van der Waals surface area contributed by atoms with Gasteiger partial charge in [0, 0.05) is 18.3 Å². The van der Waals surface area contributed by atoms with Gasteiger partial charge >= 0.3 is 5.97 Å². The number of nitrogens with zero attached hydrogens (tertiary/aromatic N) is 2. The van der Waals surface area contributed by atoms with Crippen LogP contribution >= 0.6 is 0 Å². The molecule has 6 heteroatoms. The molecular weight excluding hydrogens is 246 g/mol. The smallest absolute Gasteiger partial charge is 0.325 e. The molecule has 1 heterocycles. The van der Waals surface area contributed by atoms with Gasteiger partial charge in [0.25, 0.3) is 0 Å². The number of hydrogen-bond donors (Lipinski definition) is 2. The number of carboxylic acid groups (broad SMARTS) is 1. The number of aromatic nitrogens is 2. The zero-order chi connectivity index (χ0) is 14.6. The summed E-state index contributed by atoms with van der Waals surface area (Å²) in [6, 6.07) is 1.56. The van der Waals surface area contributed by atoms with Crippen molar-refractivity contribution in [3.63, 3.8) is 0 Å². The fourth-order valence-corrected chi connectivity index (χ4v) is 1.23. The lowest BCUT2D eigenvalue weighted by atomic mass is 9.87. The normalized spacial score (nSPS) is 12.3. The molecule has 0 aliphatic heterocycles. The van der Waals surface area contributed by atoms with E-state index >= 15 is 0 Å². The average molecular weight is 265 g/mol. The molecule has 0 unspecified atom stereocenters. The minimum Gasteiger partial charge on any atom is -0.480 e. The molecule has 0 bridgehead atoms. The topological polar surface area (TPSA) is 84.2 Å². The highest BCUT2D eigenvalue weighted by Crippen LogP contribution is 2.24. The number of carbonyl (C=O) groups is 2. The van der Waals surface area contributed by atoms with Gasteiger partial charge in [0.05, 0.1) is 0 Å². The molecule has 0 spiro atoms. The highest BCUT2D eigenvalue weighted by molar-refractivity contribution is 5.99. The quantitative estimate of drug-likeness (QED) is 0.814. The summed E-state index contributed by atoms with van der Waals surface area (Å²) in [7, 11) is 0. The van der Waals surface area contributed by atoms with Crippen LogP contribution in [0.15, 0.2) is 23.9 Å². The number of carbonyl (C=O) groups excluding carboxylic acids is 1. The van der Waals surface area contributed by atoms with Gasteiger partial charge in [-0.3, -0.25) is 14.3 Å². The highest BCUT2D eigenvalue weighted by Gasteiger charge is 2.14. The molecule has 0 atom stereocenters. The van der Waals surface area contributed by atoms with Crippen LogP contribution in [0.2, 0.25) is 0 Å². The summed E-state index contributed by atoms with van der Waals surface area (Å²) in [5.74, 6) is -0.915. The molecule has 0 fully saturated rings. The maximum absolute atomic E-state index is 11.7. The molecule has 0 aliphatic carbocycles. The van der Waals surface area contributed by atoms with Crippen molar-refractivity contribution in [2.45, 2.75) is 34.2 Å². The van der Waals surface area contributed by atoms with E-state index in [2.05, 4.69) is 10.4 Å². The van der Waals surface area contributed by atoms with Crippen LogP contribution in [0.3, 0.4) is 0 Å². The van der Waals surface area contributed by atoms with Gasteiger partial charge in [-0.2, -0.15) is 5.10 Å². The van der Waals surface area contributed by atoms with Crippen molar-refractivity contribution < 1.29 is 14.7 Å². The molecule has 104 valence electrons. The van der Waals surface area contributed by atoms with Gasteiger partial charge < -0.3 is 10.4 Å². The van der Waals surface area contributed by atoms with E-state index in [-0.39, 0.29) is 17.9 Å². The van der Waals surface area contributed by atoms with Crippen molar-refractivity contribution in [2.24, 2.45) is 5.41 Å². The summed E-state index contributed by atoms with van der Waals surface area (Å²) in [6.07, 6.45) is 3.03. The van der Waals surface area contributed by atoms with Crippen molar-refractivity contribution >= 4 is 17.7 Å². The summed E-state index contributed by atoms with van der Waals surface area (Å²) in [5.41, 5.74) is 0.884. The first-order valence-corrected chi connectivity index (χ1v) is 5.93. The Labute approximate surface area is 112 Å². The monoisotopic (exact) mass is 265 g/mol. The first kappa shape index (κ1) is 14.9. The molecule has 2 N–H and O–H groups in total. The minimum absolute atomic E-state index is 0.0694. The van der Waals surface area contributed by atoms with E-state index in [0.717, 1.165) is 5.57 Å². The second-order valence-corrected chi connectivity index (χ2v) is 5.36. The lowest BCUT2D eigenvalue weighted by molar-refractivity contribution is -0.137. The fourth-order valence-electron chi connectivity index (χ4n) is 1.23. The van der Waals surface area contributed by atoms with Crippen molar-refractivity contribution in [1.29, 1.82) is 0 Å². The first-order valence-electron chi connectivity index (χ1n) is 5.93. The molecule has 0 aliphatic rings. The van der Waals surface area contributed by atoms with Gasteiger partial charge in [0.2, 0.25) is 5.91 Å². The van der Waals surface area contributed by atoms with E-state index in [4.69, 9.17) is 5.11 Å². The zero-order valence-corrected chi connectivity index (χ0v) is 11.6. The van der Waals surface area contributed by atoms with Crippen LogP contribution in [0, 0.1) is 5.41 Å². The second kappa shape index (κ2) is 5.69. The lowest BCUT2D eigenvalue weighted by Crippen LogP contribution is -2.14. The molecule has 1 aromatic rings. The standard InChI is InChI=1S/C13H19N3O3/c1-9(13(2,3)4)7-11(17)14-10-5-6-16(15-10)8-12(18)19/h5-7H,8H2,1-4H3,(H,18,19)(H,14,15,17). The van der Waals surface area contributed by atoms with E-state index in [1.165, 1.54) is 17.0 Å². The number of anilines is 1. The second-order valence-electron chi connectivity index (χ2n) is 5.36. The Bertz CT molecular complexity index is 509. The maximum Gasteiger partial charge on any atom is 0.325 e. The van der Waals surface area contributed by atoms with E-state index < -0.39 is 5.97 Å². The molecule has 1 aromatic heterocycles. The molecule has 1 amide bonds. The van der Waals surface area contributed by atoms with Crippen molar-refractivity contribution in [3.8, 4) is 0 Å². The lowest BCUT2D eigenvalue weighted by Gasteiger charge is -2.18. The number of amides is 1. The highest BCUT2D eigenvalue weighted by atomic mass is 16.4. The van der Waals surface area contributed by atoms with Gasteiger partial charge in [-0.1, -0.05) is 26.3 Å².